The van der Waals surface area contributed by atoms with Crippen LogP contribution in [0.5, 0.6) is 5.75 Å². The van der Waals surface area contributed by atoms with Gasteiger partial charge in [-0.05, 0) is 49.7 Å². The number of hydrogen-bond donors (Lipinski definition) is 1. The van der Waals surface area contributed by atoms with E-state index >= 15 is 0 Å². The van der Waals surface area contributed by atoms with E-state index in [0.717, 1.165) is 22.2 Å². The molecule has 182 valence electrons. The highest BCUT2D eigenvalue weighted by molar-refractivity contribution is 6.11. The van der Waals surface area contributed by atoms with Gasteiger partial charge in [-0.15, -0.1) is 0 Å². The number of methoxy groups -OCH3 is 1. The minimum Gasteiger partial charge on any atom is -0.497 e. The SMILES string of the molecule is COc1ccc2occ(C3C4=C(CN(C(C)=O)C4=O)Nc4cccc5c4c3cn5C(C)C)c(=O)c2c1. The van der Waals surface area contributed by atoms with Crippen LogP contribution in [-0.2, 0) is 9.59 Å². The van der Waals surface area contributed by atoms with Crippen LogP contribution in [0.15, 0.2) is 69.3 Å². The van der Waals surface area contributed by atoms with Crippen molar-refractivity contribution >= 4 is 39.4 Å². The molecule has 0 fully saturated rings. The second-order valence-corrected chi connectivity index (χ2v) is 9.53. The summed E-state index contributed by atoms with van der Waals surface area (Å²) < 4.78 is 13.4. The third-order valence-electron chi connectivity index (χ3n) is 7.14. The Balaban J connectivity index is 1.69. The Morgan fingerprint density at radius 1 is 1.17 bits per heavy atom. The van der Waals surface area contributed by atoms with E-state index < -0.39 is 11.8 Å². The molecule has 1 atom stereocenters. The van der Waals surface area contributed by atoms with E-state index in [1.54, 1.807) is 18.2 Å². The number of nitrogens with zero attached hydrogens (tertiary/aromatic N) is 2. The first-order chi connectivity index (χ1) is 17.3. The smallest absolute Gasteiger partial charge is 0.259 e. The lowest BCUT2D eigenvalue weighted by Gasteiger charge is -2.19. The van der Waals surface area contributed by atoms with E-state index in [4.69, 9.17) is 9.15 Å². The zero-order valence-electron chi connectivity index (χ0n) is 20.4. The molecule has 2 aliphatic rings. The van der Waals surface area contributed by atoms with Gasteiger partial charge in [0.15, 0.2) is 5.43 Å². The van der Waals surface area contributed by atoms with Gasteiger partial charge in [0, 0.05) is 41.5 Å². The fourth-order valence-corrected chi connectivity index (χ4v) is 5.43. The van der Waals surface area contributed by atoms with E-state index in [1.807, 2.05) is 24.4 Å². The number of fused-ring (bicyclic) bond motifs is 1. The van der Waals surface area contributed by atoms with E-state index in [2.05, 4.69) is 23.7 Å². The fourth-order valence-electron chi connectivity index (χ4n) is 5.43. The summed E-state index contributed by atoms with van der Waals surface area (Å²) in [6, 6.07) is 11.2. The molecular weight excluding hydrogens is 458 g/mol. The highest BCUT2D eigenvalue weighted by atomic mass is 16.5. The van der Waals surface area contributed by atoms with E-state index in [0.29, 0.717) is 33.6 Å². The van der Waals surface area contributed by atoms with Gasteiger partial charge in [-0.2, -0.15) is 0 Å². The van der Waals surface area contributed by atoms with Gasteiger partial charge < -0.3 is 19.0 Å². The maximum Gasteiger partial charge on any atom is 0.259 e. The molecule has 4 heterocycles. The zero-order chi connectivity index (χ0) is 25.3. The summed E-state index contributed by atoms with van der Waals surface area (Å²) in [6.45, 7) is 5.67. The number of ether oxygens (including phenoxy) is 1. The van der Waals surface area contributed by atoms with Crippen molar-refractivity contribution in [3.63, 3.8) is 0 Å². The van der Waals surface area contributed by atoms with Crippen molar-refractivity contribution in [2.24, 2.45) is 0 Å². The molecule has 2 aliphatic heterocycles. The van der Waals surface area contributed by atoms with Gasteiger partial charge in [0.2, 0.25) is 5.91 Å². The van der Waals surface area contributed by atoms with Gasteiger partial charge in [0.1, 0.15) is 11.3 Å². The topological polar surface area (TPSA) is 93.8 Å². The van der Waals surface area contributed by atoms with Crippen molar-refractivity contribution in [2.75, 3.05) is 19.0 Å². The standard InChI is InChI=1S/C28H25N3O5/c1-14(2)30-11-18-24(19-13-36-23-9-8-16(35-4)10-17(23)27(19)33)26-21(12-31(15(3)32)28(26)34)29-20-6-5-7-22(30)25(18)20/h5-11,13-14,24,29H,12H2,1-4H3. The monoisotopic (exact) mass is 483 g/mol. The summed E-state index contributed by atoms with van der Waals surface area (Å²) in [4.78, 5) is 41.1. The summed E-state index contributed by atoms with van der Waals surface area (Å²) >= 11 is 0. The molecule has 8 nitrogen and oxygen atoms in total. The third kappa shape index (κ3) is 3.03. The van der Waals surface area contributed by atoms with Crippen LogP contribution in [0, 0.1) is 0 Å². The minimum absolute atomic E-state index is 0.123. The quantitative estimate of drug-likeness (QED) is 0.460. The first kappa shape index (κ1) is 22.2. The average Bonchev–Trinajstić information content (AvgIpc) is 3.36. The van der Waals surface area contributed by atoms with Gasteiger partial charge in [0.25, 0.3) is 5.91 Å². The van der Waals surface area contributed by atoms with Gasteiger partial charge in [0.05, 0.1) is 42.3 Å². The van der Waals surface area contributed by atoms with E-state index in [-0.39, 0.29) is 23.9 Å². The highest BCUT2D eigenvalue weighted by Crippen LogP contribution is 2.46. The molecule has 2 aromatic heterocycles. The van der Waals surface area contributed by atoms with Crippen molar-refractivity contribution in [2.45, 2.75) is 32.7 Å². The van der Waals surface area contributed by atoms with Crippen LogP contribution >= 0.6 is 0 Å². The maximum atomic E-state index is 13.9. The van der Waals surface area contributed by atoms with Gasteiger partial charge in [-0.25, -0.2) is 0 Å². The highest BCUT2D eigenvalue weighted by Gasteiger charge is 2.42. The second-order valence-electron chi connectivity index (χ2n) is 9.53. The zero-order valence-corrected chi connectivity index (χ0v) is 20.4. The summed E-state index contributed by atoms with van der Waals surface area (Å²) in [7, 11) is 1.54. The number of rotatable bonds is 3. The first-order valence-electron chi connectivity index (χ1n) is 11.9. The van der Waals surface area contributed by atoms with Crippen molar-refractivity contribution in [1.82, 2.24) is 9.47 Å². The van der Waals surface area contributed by atoms with Crippen LogP contribution in [0.1, 0.15) is 43.9 Å². The molecule has 2 amide bonds. The van der Waals surface area contributed by atoms with E-state index in [9.17, 15) is 14.4 Å². The first-order valence-corrected chi connectivity index (χ1v) is 11.9. The molecule has 8 heteroatoms. The number of carbonyl (C=O) groups is 2. The molecule has 0 aliphatic carbocycles. The molecule has 4 aromatic rings. The number of hydrogen-bond acceptors (Lipinski definition) is 6. The van der Waals surface area contributed by atoms with Crippen LogP contribution in [0.2, 0.25) is 0 Å². The van der Waals surface area contributed by atoms with Crippen LogP contribution in [-0.4, -0.2) is 34.9 Å². The largest absolute Gasteiger partial charge is 0.497 e. The second kappa shape index (κ2) is 7.84. The Morgan fingerprint density at radius 3 is 2.69 bits per heavy atom. The molecule has 0 saturated heterocycles. The third-order valence-corrected chi connectivity index (χ3v) is 7.14. The Bertz CT molecular complexity index is 1690. The Morgan fingerprint density at radius 2 is 1.97 bits per heavy atom. The van der Waals surface area contributed by atoms with Crippen molar-refractivity contribution in [3.05, 3.63) is 81.5 Å². The molecule has 0 spiro atoms. The lowest BCUT2D eigenvalue weighted by molar-refractivity contribution is -0.139. The number of aromatic nitrogens is 1. The van der Waals surface area contributed by atoms with Crippen molar-refractivity contribution in [1.29, 1.82) is 0 Å². The molecule has 0 saturated carbocycles. The molecule has 36 heavy (non-hydrogen) atoms. The normalized spacial score (nSPS) is 17.1. The number of amides is 2. The Labute approximate surface area is 206 Å². The van der Waals surface area contributed by atoms with Gasteiger partial charge >= 0.3 is 0 Å². The lowest BCUT2D eigenvalue weighted by atomic mass is 9.84. The molecule has 1 N–H and O–H groups in total. The number of benzene rings is 2. The summed E-state index contributed by atoms with van der Waals surface area (Å²) in [6.07, 6.45) is 3.46. The minimum atomic E-state index is -0.720. The van der Waals surface area contributed by atoms with Crippen LogP contribution < -0.4 is 15.5 Å². The van der Waals surface area contributed by atoms with Gasteiger partial charge in [-0.1, -0.05) is 6.07 Å². The fraction of sp³-hybridized carbons (Fsp3) is 0.250. The summed E-state index contributed by atoms with van der Waals surface area (Å²) in [5.74, 6) is -0.935. The molecule has 0 bridgehead atoms. The lowest BCUT2D eigenvalue weighted by Crippen LogP contribution is -2.33. The molecular formula is C28H25N3O5. The summed E-state index contributed by atoms with van der Waals surface area (Å²) in [5, 5.41) is 4.74. The average molecular weight is 484 g/mol. The van der Waals surface area contributed by atoms with Gasteiger partial charge in [-0.3, -0.25) is 19.3 Å². The predicted octanol–water partition coefficient (Wildman–Crippen LogP) is 4.54. The molecule has 1 unspecified atom stereocenters. The van der Waals surface area contributed by atoms with Crippen LogP contribution in [0.25, 0.3) is 21.9 Å². The number of anilines is 1. The van der Waals surface area contributed by atoms with E-state index in [1.165, 1.54) is 25.2 Å². The predicted molar refractivity (Wildman–Crippen MR) is 136 cm³/mol. The number of carbonyl (C=O) groups excluding carboxylic acids is 2. The Hall–Kier alpha value is -4.33. The molecule has 6 rings (SSSR count). The Kier molecular flexibility index (Phi) is 4.83. The van der Waals surface area contributed by atoms with Crippen molar-refractivity contribution < 1.29 is 18.7 Å². The maximum absolute atomic E-state index is 13.9. The number of imide groups is 1. The van der Waals surface area contributed by atoms with Crippen molar-refractivity contribution in [3.8, 4) is 5.75 Å². The molecule has 0 radical (unpaired) electrons. The number of nitrogens with one attached hydrogen (secondary N) is 1. The molecule has 2 aromatic carbocycles. The van der Waals surface area contributed by atoms with Crippen LogP contribution in [0.3, 0.4) is 0 Å². The van der Waals surface area contributed by atoms with Crippen LogP contribution in [0.4, 0.5) is 5.69 Å². The summed E-state index contributed by atoms with van der Waals surface area (Å²) in [5.41, 5.74) is 4.18.